The molecule has 3 aromatic carbocycles. The summed E-state index contributed by atoms with van der Waals surface area (Å²) in [6, 6.07) is 10.1. The number of carbonyl (C=O) groups excluding carboxylic acids is 2. The Morgan fingerprint density at radius 3 is 2.22 bits per heavy atom. The lowest BCUT2D eigenvalue weighted by atomic mass is 9.93. The highest BCUT2D eigenvalue weighted by Gasteiger charge is 2.56. The fourth-order valence-corrected chi connectivity index (χ4v) is 8.19. The Hall–Kier alpha value is -4.78. The third kappa shape index (κ3) is 7.60. The Morgan fingerprint density at radius 2 is 1.63 bits per heavy atom. The molecule has 2 heterocycles. The van der Waals surface area contributed by atoms with Gasteiger partial charge in [0.2, 0.25) is 15.9 Å². The molecular weight excluding hydrogens is 816 g/mol. The first-order valence-electron chi connectivity index (χ1n) is 16.0. The Bertz CT molecular complexity index is 2280. The van der Waals surface area contributed by atoms with E-state index in [2.05, 4.69) is 25.6 Å². The molecule has 0 spiro atoms. The molecule has 288 valence electrons. The van der Waals surface area contributed by atoms with E-state index in [4.69, 9.17) is 18.9 Å². The second-order valence-corrected chi connectivity index (χ2v) is 15.2. The van der Waals surface area contributed by atoms with Crippen LogP contribution in [0.3, 0.4) is 0 Å². The van der Waals surface area contributed by atoms with Gasteiger partial charge in [0.25, 0.3) is 5.91 Å². The van der Waals surface area contributed by atoms with Crippen LogP contribution in [0.4, 0.5) is 32.0 Å². The van der Waals surface area contributed by atoms with Crippen LogP contribution in [-0.2, 0) is 32.5 Å². The van der Waals surface area contributed by atoms with Gasteiger partial charge in [-0.3, -0.25) is 19.3 Å². The highest BCUT2D eigenvalue weighted by atomic mass is 79.9. The van der Waals surface area contributed by atoms with Gasteiger partial charge in [-0.1, -0.05) is 12.1 Å². The van der Waals surface area contributed by atoms with Crippen molar-refractivity contribution >= 4 is 54.4 Å². The summed E-state index contributed by atoms with van der Waals surface area (Å²) in [6.45, 7) is -2.48. The van der Waals surface area contributed by atoms with Gasteiger partial charge >= 0.3 is 12.4 Å². The number of fused-ring (bicyclic) bond motifs is 2. The van der Waals surface area contributed by atoms with Crippen molar-refractivity contribution in [3.05, 3.63) is 81.0 Å². The molecule has 0 unspecified atom stereocenters. The third-order valence-corrected chi connectivity index (χ3v) is 10.8. The quantitative estimate of drug-likeness (QED) is 0.149. The van der Waals surface area contributed by atoms with Gasteiger partial charge < -0.3 is 23.8 Å². The molecule has 6 rings (SSSR count). The van der Waals surface area contributed by atoms with E-state index in [1.54, 1.807) is 12.1 Å². The van der Waals surface area contributed by atoms with Gasteiger partial charge in [0.05, 0.1) is 47.5 Å². The summed E-state index contributed by atoms with van der Waals surface area (Å²) >= 11 is 3.39. The molecule has 0 radical (unpaired) electrons. The minimum absolute atomic E-state index is 0.169. The number of ether oxygens (including phenoxy) is 4. The number of hydrogen-bond donors (Lipinski definition) is 1. The summed E-state index contributed by atoms with van der Waals surface area (Å²) in [5, 5.41) is -0.169. The lowest BCUT2D eigenvalue weighted by Gasteiger charge is -2.22. The molecule has 1 aromatic heterocycles. The average Bonchev–Trinajstić information content (AvgIpc) is 3.83. The van der Waals surface area contributed by atoms with Gasteiger partial charge in [-0.15, -0.1) is 0 Å². The summed E-state index contributed by atoms with van der Waals surface area (Å²) in [7, 11) is -1.48. The number of aryl methyl sites for hydroxylation is 1. The highest BCUT2D eigenvalue weighted by Crippen LogP contribution is 2.56. The summed E-state index contributed by atoms with van der Waals surface area (Å²) in [4.78, 5) is 32.7. The molecule has 0 atom stereocenters. The number of halogens is 7. The summed E-state index contributed by atoms with van der Waals surface area (Å²) in [6.07, 6.45) is -7.76. The van der Waals surface area contributed by atoms with E-state index in [0.717, 1.165) is 4.90 Å². The lowest BCUT2D eigenvalue weighted by Crippen LogP contribution is -2.39. The standard InChI is InChI=1S/C35H30BrF6N3O8S/c1-18-13-19(15-54(48,49)44-32(47)33(10-11-33)26-24(50-2)9-7-22(36)30(26)51-3)6-8-23(18)45-14-21-25(31(45)46)28(52-16-34(37,38)39)20-5-4-12-43-27(20)29(21)53-17-35(40,41)42/h4-9,12-13H,10-11,14-17H2,1-3H3,(H,44,47). The smallest absolute Gasteiger partial charge is 0.422 e. The van der Waals surface area contributed by atoms with E-state index in [-0.39, 0.29) is 27.7 Å². The number of alkyl halides is 6. The van der Waals surface area contributed by atoms with Crippen LogP contribution in [0.25, 0.3) is 10.9 Å². The molecule has 0 bridgehead atoms. The fraction of sp³-hybridized carbons (Fsp3) is 0.343. The topological polar surface area (TPSA) is 133 Å². The number of amides is 2. The number of rotatable bonds is 12. The number of hydrogen-bond acceptors (Lipinski definition) is 9. The van der Waals surface area contributed by atoms with Crippen molar-refractivity contribution in [1.82, 2.24) is 9.71 Å². The second-order valence-electron chi connectivity index (χ2n) is 12.7. The Kier molecular flexibility index (Phi) is 10.2. The van der Waals surface area contributed by atoms with Gasteiger partial charge in [0.15, 0.2) is 19.0 Å². The van der Waals surface area contributed by atoms with E-state index in [1.807, 2.05) is 0 Å². The number of anilines is 1. The first-order chi connectivity index (χ1) is 25.3. The van der Waals surface area contributed by atoms with Crippen molar-refractivity contribution < 1.29 is 63.3 Å². The normalized spacial score (nSPS) is 15.2. The molecule has 1 saturated carbocycles. The molecule has 1 N–H and O–H groups in total. The lowest BCUT2D eigenvalue weighted by molar-refractivity contribution is -0.154. The maximum absolute atomic E-state index is 14.0. The molecule has 4 aromatic rings. The van der Waals surface area contributed by atoms with Crippen molar-refractivity contribution in [2.75, 3.05) is 32.3 Å². The molecule has 1 fully saturated rings. The summed E-state index contributed by atoms with van der Waals surface area (Å²) < 4.78 is 130. The van der Waals surface area contributed by atoms with Crippen molar-refractivity contribution in [2.45, 2.75) is 49.8 Å². The van der Waals surface area contributed by atoms with E-state index in [9.17, 15) is 44.3 Å². The predicted octanol–water partition coefficient (Wildman–Crippen LogP) is 7.04. The van der Waals surface area contributed by atoms with Gasteiger partial charge in [-0.2, -0.15) is 26.3 Å². The summed E-state index contributed by atoms with van der Waals surface area (Å²) in [5.41, 5.74) is -0.966. The molecule has 19 heteroatoms. The Balaban J connectivity index is 1.29. The number of carbonyl (C=O) groups is 2. The number of sulfonamides is 1. The average molecular weight is 847 g/mol. The number of benzene rings is 3. The van der Waals surface area contributed by atoms with Crippen molar-refractivity contribution in [2.24, 2.45) is 0 Å². The summed E-state index contributed by atoms with van der Waals surface area (Å²) in [5.74, 6) is -2.64. The molecule has 2 amide bonds. The van der Waals surface area contributed by atoms with E-state index in [1.165, 1.54) is 57.7 Å². The van der Waals surface area contributed by atoms with Crippen LogP contribution in [0.5, 0.6) is 23.0 Å². The molecule has 1 aliphatic heterocycles. The number of nitrogens with one attached hydrogen (secondary N) is 1. The minimum atomic E-state index is -4.82. The first kappa shape index (κ1) is 38.9. The van der Waals surface area contributed by atoms with Gasteiger partial charge in [0.1, 0.15) is 22.8 Å². The van der Waals surface area contributed by atoms with E-state index in [0.29, 0.717) is 39.9 Å². The highest BCUT2D eigenvalue weighted by molar-refractivity contribution is 9.10. The molecule has 11 nitrogen and oxygen atoms in total. The van der Waals surface area contributed by atoms with Crippen LogP contribution in [0.15, 0.2) is 53.1 Å². The van der Waals surface area contributed by atoms with Crippen molar-refractivity contribution in [3.63, 3.8) is 0 Å². The van der Waals surface area contributed by atoms with Crippen LogP contribution >= 0.6 is 15.9 Å². The van der Waals surface area contributed by atoms with E-state index >= 15 is 0 Å². The fourth-order valence-electron chi connectivity index (χ4n) is 6.53. The number of nitrogens with zero attached hydrogens (tertiary/aromatic N) is 2. The van der Waals surface area contributed by atoms with Crippen molar-refractivity contribution in [1.29, 1.82) is 0 Å². The SMILES string of the molecule is COc1ccc(Br)c(OC)c1C1(C(=O)NS(=O)(=O)Cc2ccc(N3Cc4c(c(OCC(F)(F)F)c5cccnc5c4OCC(F)(F)F)C3=O)c(C)c2)CC1. The Labute approximate surface area is 312 Å². The van der Waals surface area contributed by atoms with Crippen molar-refractivity contribution in [3.8, 4) is 23.0 Å². The van der Waals surface area contributed by atoms with Crippen LogP contribution < -0.4 is 28.6 Å². The van der Waals surface area contributed by atoms with Crippen LogP contribution in [0.1, 0.15) is 45.5 Å². The molecule has 54 heavy (non-hydrogen) atoms. The number of pyridine rings is 1. The molecular formula is C35H30BrF6N3O8S. The zero-order chi connectivity index (χ0) is 39.4. The van der Waals surface area contributed by atoms with Gasteiger partial charge in [0, 0.05) is 22.8 Å². The van der Waals surface area contributed by atoms with Crippen LogP contribution in [0, 0.1) is 6.92 Å². The second kappa shape index (κ2) is 14.1. The molecule has 1 aliphatic carbocycles. The minimum Gasteiger partial charge on any atom is -0.496 e. The molecule has 0 saturated heterocycles. The maximum Gasteiger partial charge on any atom is 0.422 e. The zero-order valence-electron chi connectivity index (χ0n) is 28.6. The largest absolute Gasteiger partial charge is 0.496 e. The number of methoxy groups -OCH3 is 2. The van der Waals surface area contributed by atoms with Crippen LogP contribution in [0.2, 0.25) is 0 Å². The first-order valence-corrected chi connectivity index (χ1v) is 18.4. The third-order valence-electron chi connectivity index (χ3n) is 8.92. The number of aromatic nitrogens is 1. The monoisotopic (exact) mass is 845 g/mol. The van der Waals surface area contributed by atoms with Crippen LogP contribution in [-0.4, -0.2) is 65.0 Å². The predicted molar refractivity (Wildman–Crippen MR) is 185 cm³/mol. The molecule has 2 aliphatic rings. The van der Waals surface area contributed by atoms with Gasteiger partial charge in [-0.05, 0) is 77.2 Å². The van der Waals surface area contributed by atoms with E-state index < -0.39 is 82.2 Å². The zero-order valence-corrected chi connectivity index (χ0v) is 31.0. The maximum atomic E-state index is 14.0. The Morgan fingerprint density at radius 1 is 0.963 bits per heavy atom. The van der Waals surface area contributed by atoms with Gasteiger partial charge in [-0.25, -0.2) is 8.42 Å².